The molecule has 0 radical (unpaired) electrons. The minimum absolute atomic E-state index is 0.0576. The van der Waals surface area contributed by atoms with Gasteiger partial charge < -0.3 is 15.0 Å². The molecule has 4 heteroatoms. The van der Waals surface area contributed by atoms with Gasteiger partial charge in [0, 0.05) is 23.9 Å². The molecule has 1 fully saturated rings. The first-order valence-electron chi connectivity index (χ1n) is 9.50. The van der Waals surface area contributed by atoms with Gasteiger partial charge in [-0.2, -0.15) is 0 Å². The summed E-state index contributed by atoms with van der Waals surface area (Å²) >= 11 is 0. The molecule has 0 bridgehead atoms. The third-order valence-electron chi connectivity index (χ3n) is 5.31. The van der Waals surface area contributed by atoms with Crippen LogP contribution in [0.4, 0.5) is 0 Å². The number of rotatable bonds is 6. The molecule has 140 valence electrons. The number of aromatic nitrogens is 1. The van der Waals surface area contributed by atoms with Gasteiger partial charge in [0.2, 0.25) is 0 Å². The average Bonchev–Trinajstić information content (AvgIpc) is 2.56. The topological polar surface area (TPSA) is 54.1 Å². The standard InChI is InChI=1S/C22H30N2O2/c1-22(2,3)19-12-18(17-9-6-10-24-21(17)25)16(11-20(19)26-4)14-23-13-15-7-5-8-15/h6,9-12,15,23H,5,7-8,13-14H2,1-4H3,(H,24,25). The molecule has 1 aliphatic carbocycles. The van der Waals surface area contributed by atoms with Crippen LogP contribution in [-0.4, -0.2) is 18.6 Å². The van der Waals surface area contributed by atoms with Crippen LogP contribution in [-0.2, 0) is 12.0 Å². The van der Waals surface area contributed by atoms with E-state index in [-0.39, 0.29) is 11.0 Å². The second-order valence-electron chi connectivity index (χ2n) is 8.30. The van der Waals surface area contributed by atoms with Crippen molar-refractivity contribution in [3.8, 4) is 16.9 Å². The maximum absolute atomic E-state index is 12.4. The van der Waals surface area contributed by atoms with Crippen molar-refractivity contribution >= 4 is 0 Å². The van der Waals surface area contributed by atoms with Gasteiger partial charge >= 0.3 is 0 Å². The molecule has 1 saturated carbocycles. The zero-order valence-corrected chi connectivity index (χ0v) is 16.3. The number of H-pyrrole nitrogens is 1. The van der Waals surface area contributed by atoms with E-state index in [4.69, 9.17) is 4.74 Å². The van der Waals surface area contributed by atoms with Crippen molar-refractivity contribution in [1.29, 1.82) is 0 Å². The zero-order chi connectivity index (χ0) is 18.7. The molecule has 0 amide bonds. The van der Waals surface area contributed by atoms with Crippen molar-refractivity contribution in [1.82, 2.24) is 10.3 Å². The van der Waals surface area contributed by atoms with Crippen LogP contribution in [0.2, 0.25) is 0 Å². The number of hydrogen-bond acceptors (Lipinski definition) is 3. The summed E-state index contributed by atoms with van der Waals surface area (Å²) in [4.78, 5) is 15.2. The van der Waals surface area contributed by atoms with Crippen molar-refractivity contribution in [3.05, 3.63) is 51.9 Å². The summed E-state index contributed by atoms with van der Waals surface area (Å²) < 4.78 is 5.68. The highest BCUT2D eigenvalue weighted by Gasteiger charge is 2.23. The van der Waals surface area contributed by atoms with Crippen LogP contribution in [0.3, 0.4) is 0 Å². The SMILES string of the molecule is COc1cc(CNCC2CCC2)c(-c2ccc[nH]c2=O)cc1C(C)(C)C. The Morgan fingerprint density at radius 2 is 2.00 bits per heavy atom. The first-order chi connectivity index (χ1) is 12.4. The van der Waals surface area contributed by atoms with Gasteiger partial charge in [-0.1, -0.05) is 27.2 Å². The summed E-state index contributed by atoms with van der Waals surface area (Å²) in [6.45, 7) is 8.27. The molecule has 2 aromatic rings. The molecule has 1 aromatic heterocycles. The van der Waals surface area contributed by atoms with Gasteiger partial charge in [-0.15, -0.1) is 0 Å². The van der Waals surface area contributed by atoms with Gasteiger partial charge in [0.1, 0.15) is 5.75 Å². The lowest BCUT2D eigenvalue weighted by molar-refractivity contribution is 0.301. The normalized spacial score (nSPS) is 14.9. The highest BCUT2D eigenvalue weighted by Crippen LogP contribution is 2.36. The molecule has 26 heavy (non-hydrogen) atoms. The fourth-order valence-corrected chi connectivity index (χ4v) is 3.52. The number of aromatic amines is 1. The molecular formula is C22H30N2O2. The van der Waals surface area contributed by atoms with Gasteiger partial charge in [-0.25, -0.2) is 0 Å². The Morgan fingerprint density at radius 3 is 2.58 bits per heavy atom. The fourth-order valence-electron chi connectivity index (χ4n) is 3.52. The van der Waals surface area contributed by atoms with Gasteiger partial charge in [-0.05, 0) is 66.1 Å². The summed E-state index contributed by atoms with van der Waals surface area (Å²) in [7, 11) is 1.71. The van der Waals surface area contributed by atoms with E-state index >= 15 is 0 Å². The van der Waals surface area contributed by atoms with Gasteiger partial charge in [-0.3, -0.25) is 4.79 Å². The lowest BCUT2D eigenvalue weighted by Gasteiger charge is -2.27. The summed E-state index contributed by atoms with van der Waals surface area (Å²) in [6, 6.07) is 7.99. The predicted octanol–water partition coefficient (Wildman–Crippen LogP) is 4.24. The van der Waals surface area contributed by atoms with E-state index in [0.29, 0.717) is 5.56 Å². The number of hydrogen-bond donors (Lipinski definition) is 2. The van der Waals surface area contributed by atoms with E-state index in [1.165, 1.54) is 19.3 Å². The molecule has 0 unspecified atom stereocenters. The van der Waals surface area contributed by atoms with Crippen molar-refractivity contribution < 1.29 is 4.74 Å². The number of benzene rings is 1. The molecule has 0 spiro atoms. The van der Waals surface area contributed by atoms with Crippen LogP contribution in [0.25, 0.3) is 11.1 Å². The van der Waals surface area contributed by atoms with Gasteiger partial charge in [0.15, 0.2) is 0 Å². The first kappa shape index (κ1) is 18.7. The van der Waals surface area contributed by atoms with Crippen molar-refractivity contribution in [3.63, 3.8) is 0 Å². The highest BCUT2D eigenvalue weighted by atomic mass is 16.5. The number of pyridine rings is 1. The van der Waals surface area contributed by atoms with Gasteiger partial charge in [0.05, 0.1) is 7.11 Å². The Bertz CT molecular complexity index is 814. The molecule has 2 N–H and O–H groups in total. The van der Waals surface area contributed by atoms with E-state index in [1.807, 2.05) is 12.1 Å². The smallest absolute Gasteiger partial charge is 0.255 e. The molecule has 1 aliphatic rings. The summed E-state index contributed by atoms with van der Waals surface area (Å²) in [5, 5.41) is 3.57. The van der Waals surface area contributed by atoms with E-state index in [0.717, 1.165) is 41.4 Å². The minimum atomic E-state index is -0.0699. The number of methoxy groups -OCH3 is 1. The van der Waals surface area contributed by atoms with Crippen LogP contribution in [0, 0.1) is 5.92 Å². The second-order valence-corrected chi connectivity index (χ2v) is 8.30. The Kier molecular flexibility index (Phi) is 5.52. The predicted molar refractivity (Wildman–Crippen MR) is 107 cm³/mol. The summed E-state index contributed by atoms with van der Waals surface area (Å²) in [5.41, 5.74) is 3.78. The molecule has 4 nitrogen and oxygen atoms in total. The third kappa shape index (κ3) is 4.01. The maximum atomic E-state index is 12.4. The molecular weight excluding hydrogens is 324 g/mol. The number of ether oxygens (including phenoxy) is 1. The highest BCUT2D eigenvalue weighted by molar-refractivity contribution is 5.70. The van der Waals surface area contributed by atoms with E-state index < -0.39 is 0 Å². The summed E-state index contributed by atoms with van der Waals surface area (Å²) in [5.74, 6) is 1.68. The van der Waals surface area contributed by atoms with Crippen LogP contribution in [0.5, 0.6) is 5.75 Å². The van der Waals surface area contributed by atoms with E-state index in [9.17, 15) is 4.79 Å². The first-order valence-corrected chi connectivity index (χ1v) is 9.50. The molecule has 1 heterocycles. The molecule has 0 aliphatic heterocycles. The lowest BCUT2D eigenvalue weighted by Crippen LogP contribution is -2.27. The fraction of sp³-hybridized carbons (Fsp3) is 0.500. The van der Waals surface area contributed by atoms with Crippen LogP contribution in [0.1, 0.15) is 51.2 Å². The molecule has 0 saturated heterocycles. The monoisotopic (exact) mass is 354 g/mol. The minimum Gasteiger partial charge on any atom is -0.496 e. The Morgan fingerprint density at radius 1 is 1.23 bits per heavy atom. The molecule has 0 atom stereocenters. The molecule has 3 rings (SSSR count). The van der Waals surface area contributed by atoms with Crippen molar-refractivity contribution in [2.75, 3.05) is 13.7 Å². The summed E-state index contributed by atoms with van der Waals surface area (Å²) in [6.07, 6.45) is 5.68. The lowest BCUT2D eigenvalue weighted by atomic mass is 9.83. The van der Waals surface area contributed by atoms with Crippen LogP contribution in [0.15, 0.2) is 35.3 Å². The van der Waals surface area contributed by atoms with Crippen molar-refractivity contribution in [2.24, 2.45) is 5.92 Å². The number of nitrogens with one attached hydrogen (secondary N) is 2. The maximum Gasteiger partial charge on any atom is 0.255 e. The Labute approximate surface area is 156 Å². The van der Waals surface area contributed by atoms with E-state index in [1.54, 1.807) is 13.3 Å². The zero-order valence-electron chi connectivity index (χ0n) is 16.3. The third-order valence-corrected chi connectivity index (χ3v) is 5.31. The average molecular weight is 354 g/mol. The second kappa shape index (κ2) is 7.67. The van der Waals surface area contributed by atoms with E-state index in [2.05, 4.69) is 43.2 Å². The quantitative estimate of drug-likeness (QED) is 0.816. The Hall–Kier alpha value is -2.07. The van der Waals surface area contributed by atoms with Gasteiger partial charge in [0.25, 0.3) is 5.56 Å². The molecule has 1 aromatic carbocycles. The Balaban J connectivity index is 2.02. The largest absolute Gasteiger partial charge is 0.496 e. The van der Waals surface area contributed by atoms with Crippen molar-refractivity contribution in [2.45, 2.75) is 52.0 Å². The van der Waals surface area contributed by atoms with Crippen LogP contribution < -0.4 is 15.6 Å². The van der Waals surface area contributed by atoms with Crippen LogP contribution >= 0.6 is 0 Å².